The molecule has 0 fully saturated rings. The average molecular weight is 748 g/mol. The fourth-order valence-electron chi connectivity index (χ4n) is 8.86. The van der Waals surface area contributed by atoms with Gasteiger partial charge in [-0.05, 0) is 86.5 Å². The van der Waals surface area contributed by atoms with Crippen LogP contribution in [0.15, 0.2) is 95.4 Å². The van der Waals surface area contributed by atoms with Crippen LogP contribution in [-0.2, 0) is 11.1 Å². The Hall–Kier alpha value is -5.77. The van der Waals surface area contributed by atoms with Gasteiger partial charge in [0.25, 0.3) is 0 Å². The fourth-order valence-corrected chi connectivity index (χ4v) is 11.6. The monoisotopic (exact) mass is 747 g/mol. The van der Waals surface area contributed by atoms with Gasteiger partial charge in [-0.2, -0.15) is 0 Å². The van der Waals surface area contributed by atoms with Crippen molar-refractivity contribution in [3.63, 3.8) is 0 Å². The zero-order valence-electron chi connectivity index (χ0n) is 30.5. The van der Waals surface area contributed by atoms with Crippen molar-refractivity contribution >= 4 is 88.1 Å². The number of carboxylic acid groups (broad SMARTS) is 2. The van der Waals surface area contributed by atoms with Crippen molar-refractivity contribution < 1.29 is 24.2 Å². The van der Waals surface area contributed by atoms with Crippen molar-refractivity contribution in [3.05, 3.63) is 113 Å². The molecule has 2 N–H and O–H groups in total. The Balaban J connectivity index is 1.38. The Morgan fingerprint density at radius 2 is 1.07 bits per heavy atom. The molecule has 5 heterocycles. The van der Waals surface area contributed by atoms with E-state index in [1.165, 1.54) is 49.5 Å². The van der Waals surface area contributed by atoms with Gasteiger partial charge >= 0.3 is 23.1 Å². The van der Waals surface area contributed by atoms with Crippen molar-refractivity contribution in [3.8, 4) is 32.0 Å². The molecule has 10 rings (SSSR count). The quantitative estimate of drug-likeness (QED) is 0.137. The summed E-state index contributed by atoms with van der Waals surface area (Å²) in [6.45, 7) is 8.96. The summed E-state index contributed by atoms with van der Waals surface area (Å²) in [5, 5.41) is 24.6. The summed E-state index contributed by atoms with van der Waals surface area (Å²) in [5.74, 6) is -2.27. The molecular weight excluding hydrogens is 713 g/mol. The van der Waals surface area contributed by atoms with Gasteiger partial charge in [-0.1, -0.05) is 36.4 Å². The Labute approximate surface area is 318 Å². The van der Waals surface area contributed by atoms with Crippen LogP contribution in [-0.4, -0.2) is 36.2 Å². The molecule has 2 aliphatic rings. The molecule has 0 spiro atoms. The molecule has 2 aliphatic heterocycles. The van der Waals surface area contributed by atoms with E-state index in [9.17, 15) is 19.8 Å². The Bertz CT molecular complexity index is 2850. The summed E-state index contributed by atoms with van der Waals surface area (Å²) in [6, 6.07) is 29.6. The zero-order valence-corrected chi connectivity index (χ0v) is 32.1. The number of benzene rings is 5. The zero-order chi connectivity index (χ0) is 37.6. The molecule has 0 saturated carbocycles. The standard InChI is InChI=1S/C45H34N2O5S2/c1-44(2)38-24-11-7-9-13-35(24)53-40(38)27-18-29-33(20-31(27)46(44)5)52-34-21-32-28(41-39(45(3,4)47(32)6)25-12-8-10-14-36(25)54-41)19-30(34)37(29)26-17-22(42(48)49)15-16-23(26)43(50)51/h7-21H,1-6H3,(H-,48,49,50,51)/p+1. The molecule has 8 aromatic rings. The lowest BCUT2D eigenvalue weighted by Gasteiger charge is -2.43. The third-order valence-electron chi connectivity index (χ3n) is 12.0. The number of fused-ring (bicyclic) bond motifs is 12. The van der Waals surface area contributed by atoms with Gasteiger partial charge in [-0.3, -0.25) is 0 Å². The molecule has 0 saturated heterocycles. The van der Waals surface area contributed by atoms with E-state index in [-0.39, 0.29) is 22.2 Å². The highest BCUT2D eigenvalue weighted by Crippen LogP contribution is 2.57. The molecule has 54 heavy (non-hydrogen) atoms. The molecule has 0 amide bonds. The number of anilines is 2. The first-order valence-corrected chi connectivity index (χ1v) is 19.5. The highest BCUT2D eigenvalue weighted by molar-refractivity contribution is 7.23. The molecule has 7 nitrogen and oxygen atoms in total. The molecule has 0 unspecified atom stereocenters. The number of aromatic carboxylic acids is 2. The highest BCUT2D eigenvalue weighted by Gasteiger charge is 2.42. The van der Waals surface area contributed by atoms with E-state index in [4.69, 9.17) is 4.42 Å². The van der Waals surface area contributed by atoms with Crippen LogP contribution in [0, 0.1) is 0 Å². The molecule has 5 aromatic carbocycles. The molecule has 9 heteroatoms. The second kappa shape index (κ2) is 10.9. The first-order valence-electron chi connectivity index (χ1n) is 17.8. The third kappa shape index (κ3) is 4.25. The van der Waals surface area contributed by atoms with Crippen LogP contribution in [0.4, 0.5) is 11.4 Å². The minimum atomic E-state index is -1.14. The lowest BCUT2D eigenvalue weighted by Crippen LogP contribution is -2.41. The first-order chi connectivity index (χ1) is 25.8. The van der Waals surface area contributed by atoms with Crippen molar-refractivity contribution in [1.82, 2.24) is 0 Å². The maximum atomic E-state index is 13.0. The first kappa shape index (κ1) is 32.8. The molecule has 0 bridgehead atoms. The third-order valence-corrected chi connectivity index (χ3v) is 14.4. The van der Waals surface area contributed by atoms with E-state index in [0.717, 1.165) is 32.3 Å². The summed E-state index contributed by atoms with van der Waals surface area (Å²) in [7, 11) is 4.22. The normalized spacial score (nSPS) is 15.4. The predicted octanol–water partition coefficient (Wildman–Crippen LogP) is 12.1. The van der Waals surface area contributed by atoms with E-state index in [2.05, 4.69) is 124 Å². The molecule has 3 aromatic heterocycles. The van der Waals surface area contributed by atoms with Crippen LogP contribution < -0.4 is 9.80 Å². The van der Waals surface area contributed by atoms with Crippen molar-refractivity contribution in [1.29, 1.82) is 0 Å². The van der Waals surface area contributed by atoms with Crippen molar-refractivity contribution in [2.45, 2.75) is 38.8 Å². The van der Waals surface area contributed by atoms with Gasteiger partial charge in [-0.15, -0.1) is 22.7 Å². The number of nitrogens with zero attached hydrogens (tertiary/aromatic N) is 2. The van der Waals surface area contributed by atoms with E-state index in [1.807, 2.05) is 0 Å². The molecule has 0 atom stereocenters. The van der Waals surface area contributed by atoms with Crippen molar-refractivity contribution in [2.75, 3.05) is 23.9 Å². The SMILES string of the molecule is CN1c2cc3[o+]c4cc5c(cc4c(-c4cc(C(=O)O)ccc4C(=O)O)c3cc2-c2sc3ccccc3c2C1(C)C)-c1sc2ccccc2c1C(C)(C)N5C. The molecule has 0 aliphatic carbocycles. The van der Waals surface area contributed by atoms with Gasteiger partial charge in [-0.25, -0.2) is 14.0 Å². The average Bonchev–Trinajstić information content (AvgIpc) is 3.75. The number of rotatable bonds is 3. The summed E-state index contributed by atoms with van der Waals surface area (Å²) < 4.78 is 9.32. The summed E-state index contributed by atoms with van der Waals surface area (Å²) in [5.41, 5.74) is 8.02. The number of carboxylic acids is 2. The highest BCUT2D eigenvalue weighted by atomic mass is 32.1. The Kier molecular flexibility index (Phi) is 6.63. The van der Waals surface area contributed by atoms with Gasteiger partial charge in [0.2, 0.25) is 0 Å². The maximum absolute atomic E-state index is 13.0. The smallest absolute Gasteiger partial charge is 0.363 e. The van der Waals surface area contributed by atoms with E-state index in [0.29, 0.717) is 33.1 Å². The van der Waals surface area contributed by atoms with Crippen LogP contribution in [0.3, 0.4) is 0 Å². The number of hydrogen-bond acceptors (Lipinski definition) is 6. The number of thiophene rings is 2. The minimum absolute atomic E-state index is 0.00885. The van der Waals surface area contributed by atoms with Gasteiger partial charge in [0.05, 0.1) is 56.5 Å². The van der Waals surface area contributed by atoms with Crippen LogP contribution in [0.2, 0.25) is 0 Å². The van der Waals surface area contributed by atoms with Crippen LogP contribution >= 0.6 is 22.7 Å². The van der Waals surface area contributed by atoms with Crippen LogP contribution in [0.25, 0.3) is 74.1 Å². The topological polar surface area (TPSA) is 92.4 Å². The Morgan fingerprint density at radius 3 is 1.54 bits per heavy atom. The second-order valence-electron chi connectivity index (χ2n) is 15.4. The number of carbonyl (C=O) groups is 2. The van der Waals surface area contributed by atoms with E-state index < -0.39 is 11.9 Å². The Morgan fingerprint density at radius 1 is 0.593 bits per heavy atom. The van der Waals surface area contributed by atoms with Crippen LogP contribution in [0.1, 0.15) is 59.5 Å². The van der Waals surface area contributed by atoms with Crippen molar-refractivity contribution in [2.24, 2.45) is 0 Å². The van der Waals surface area contributed by atoms with Gasteiger partial charge < -0.3 is 20.0 Å². The van der Waals surface area contributed by atoms with Crippen LogP contribution in [0.5, 0.6) is 0 Å². The fraction of sp³-hybridized carbons (Fsp3) is 0.178. The van der Waals surface area contributed by atoms with Gasteiger partial charge in [0, 0.05) is 61.1 Å². The van der Waals surface area contributed by atoms with E-state index in [1.54, 1.807) is 22.7 Å². The van der Waals surface area contributed by atoms with E-state index >= 15 is 0 Å². The van der Waals surface area contributed by atoms with Gasteiger partial charge in [0.15, 0.2) is 0 Å². The van der Waals surface area contributed by atoms with Gasteiger partial charge in [0.1, 0.15) is 0 Å². The second-order valence-corrected chi connectivity index (χ2v) is 17.5. The lowest BCUT2D eigenvalue weighted by atomic mass is 9.82. The summed E-state index contributed by atoms with van der Waals surface area (Å²) >= 11 is 3.51. The number of hydrogen-bond donors (Lipinski definition) is 2. The predicted molar refractivity (Wildman–Crippen MR) is 222 cm³/mol. The lowest BCUT2D eigenvalue weighted by molar-refractivity contribution is 0.0682. The molecule has 0 radical (unpaired) electrons. The largest absolute Gasteiger partial charge is 0.478 e. The molecule has 266 valence electrons. The minimum Gasteiger partial charge on any atom is -0.478 e. The summed E-state index contributed by atoms with van der Waals surface area (Å²) in [4.78, 5) is 32.3. The maximum Gasteiger partial charge on any atom is 0.363 e. The molecular formula is C45H35N2O5S2+. The summed E-state index contributed by atoms with van der Waals surface area (Å²) in [6.07, 6.45) is 0.